The third-order valence-corrected chi connectivity index (χ3v) is 3.13. The Bertz CT molecular complexity index is 757. The van der Waals surface area contributed by atoms with Gasteiger partial charge in [-0.1, -0.05) is 22.9 Å². The van der Waals surface area contributed by atoms with Gasteiger partial charge in [-0.05, 0) is 19.9 Å². The Morgan fingerprint density at radius 2 is 1.78 bits per heavy atom. The summed E-state index contributed by atoms with van der Waals surface area (Å²) in [6.45, 7) is 2.72. The fourth-order valence-electron chi connectivity index (χ4n) is 1.90. The largest absolute Gasteiger partial charge is 0.491 e. The maximum absolute atomic E-state index is 12.2. The van der Waals surface area contributed by atoms with E-state index < -0.39 is 23.5 Å². The molecule has 0 atom stereocenters. The van der Waals surface area contributed by atoms with E-state index in [0.29, 0.717) is 5.52 Å². The van der Waals surface area contributed by atoms with Crippen LogP contribution in [0.2, 0.25) is 0 Å². The minimum Gasteiger partial charge on any atom is -0.386 e. The third kappa shape index (κ3) is 4.02. The van der Waals surface area contributed by atoms with Crippen molar-refractivity contribution >= 4 is 22.8 Å². The molecule has 8 heteroatoms. The summed E-state index contributed by atoms with van der Waals surface area (Å²) in [5.41, 5.74) is -0.688. The van der Waals surface area contributed by atoms with Crippen LogP contribution in [0.4, 0.5) is 13.2 Å². The predicted molar refractivity (Wildman–Crippen MR) is 72.9 cm³/mol. The number of carbonyl (C=O) groups is 2. The Kier molecular flexibility index (Phi) is 4.35. The van der Waals surface area contributed by atoms with Gasteiger partial charge in [0.25, 0.3) is 0 Å². The average Bonchev–Trinajstić information content (AvgIpc) is 2.45. The topological polar surface area (TPSA) is 60.1 Å². The molecule has 0 unspecified atom stereocenters. The van der Waals surface area contributed by atoms with Crippen molar-refractivity contribution in [3.63, 3.8) is 0 Å². The normalized spacial score (nSPS) is 12.2. The second kappa shape index (κ2) is 5.94. The SMILES string of the molecule is CC(C)(C[n+]1ccc2ccccc2n1)C(=O)OC(=O)C(F)(F)F. The molecule has 0 aliphatic rings. The van der Waals surface area contributed by atoms with E-state index in [0.717, 1.165) is 5.39 Å². The maximum atomic E-state index is 12.2. The molecule has 0 radical (unpaired) electrons. The summed E-state index contributed by atoms with van der Waals surface area (Å²) in [5, 5.41) is 5.16. The first-order chi connectivity index (χ1) is 10.6. The number of esters is 2. The van der Waals surface area contributed by atoms with Crippen LogP contribution in [-0.4, -0.2) is 23.2 Å². The molecule has 0 bridgehead atoms. The smallest absolute Gasteiger partial charge is 0.386 e. The zero-order chi connectivity index (χ0) is 17.3. The van der Waals surface area contributed by atoms with Gasteiger partial charge in [0.1, 0.15) is 10.9 Å². The van der Waals surface area contributed by atoms with Gasteiger partial charge in [-0.2, -0.15) is 13.2 Å². The highest BCUT2D eigenvalue weighted by atomic mass is 19.4. The number of ether oxygens (including phenoxy) is 1. The van der Waals surface area contributed by atoms with Crippen molar-refractivity contribution in [3.8, 4) is 0 Å². The number of nitrogens with zero attached hydrogens (tertiary/aromatic N) is 2. The number of hydrogen-bond acceptors (Lipinski definition) is 4. The van der Waals surface area contributed by atoms with Gasteiger partial charge in [0.2, 0.25) is 0 Å². The van der Waals surface area contributed by atoms with Crippen LogP contribution < -0.4 is 4.68 Å². The van der Waals surface area contributed by atoms with Crippen LogP contribution in [-0.2, 0) is 20.9 Å². The zero-order valence-corrected chi connectivity index (χ0v) is 12.4. The Labute approximate surface area is 129 Å². The molecule has 5 nitrogen and oxygen atoms in total. The van der Waals surface area contributed by atoms with Gasteiger partial charge < -0.3 is 4.74 Å². The first-order valence-corrected chi connectivity index (χ1v) is 6.68. The molecule has 23 heavy (non-hydrogen) atoms. The van der Waals surface area contributed by atoms with Gasteiger partial charge in [-0.25, -0.2) is 4.79 Å². The van der Waals surface area contributed by atoms with Crippen LogP contribution in [0.25, 0.3) is 10.9 Å². The molecule has 1 aromatic carbocycles. The van der Waals surface area contributed by atoms with Crippen LogP contribution in [0.5, 0.6) is 0 Å². The minimum atomic E-state index is -5.21. The fraction of sp³-hybridized carbons (Fsp3) is 0.333. The molecule has 0 saturated carbocycles. The van der Waals surface area contributed by atoms with E-state index >= 15 is 0 Å². The predicted octanol–water partition coefficient (Wildman–Crippen LogP) is 2.18. The van der Waals surface area contributed by atoms with Gasteiger partial charge in [0, 0.05) is 16.6 Å². The number of fused-ring (bicyclic) bond motifs is 1. The molecular formula is C15H14F3N2O3+. The monoisotopic (exact) mass is 327 g/mol. The Balaban J connectivity index is 2.15. The summed E-state index contributed by atoms with van der Waals surface area (Å²) in [5.74, 6) is -3.78. The molecule has 0 spiro atoms. The summed E-state index contributed by atoms with van der Waals surface area (Å²) >= 11 is 0. The van der Waals surface area contributed by atoms with Gasteiger partial charge in [-0.15, -0.1) is 0 Å². The van der Waals surface area contributed by atoms with Crippen molar-refractivity contribution in [2.45, 2.75) is 26.6 Å². The third-order valence-electron chi connectivity index (χ3n) is 3.13. The van der Waals surface area contributed by atoms with Gasteiger partial charge >= 0.3 is 18.1 Å². The van der Waals surface area contributed by atoms with Crippen LogP contribution in [0.3, 0.4) is 0 Å². The molecule has 0 amide bonds. The maximum Gasteiger partial charge on any atom is 0.491 e. The molecule has 122 valence electrons. The van der Waals surface area contributed by atoms with Crippen molar-refractivity contribution in [2.75, 3.05) is 0 Å². The summed E-state index contributed by atoms with van der Waals surface area (Å²) < 4.78 is 41.8. The summed E-state index contributed by atoms with van der Waals surface area (Å²) in [7, 11) is 0. The fourth-order valence-corrected chi connectivity index (χ4v) is 1.90. The van der Waals surface area contributed by atoms with E-state index in [9.17, 15) is 22.8 Å². The lowest BCUT2D eigenvalue weighted by Crippen LogP contribution is -2.48. The molecule has 2 aromatic rings. The standard InChI is InChI=1S/C15H14F3N2O3/c1-14(2,12(21)23-13(22)15(16,17)18)9-20-8-7-10-5-3-4-6-11(10)19-20/h3-8H,9H2,1-2H3/q+1. The van der Waals surface area contributed by atoms with Crippen LogP contribution in [0, 0.1) is 5.41 Å². The molecule has 0 fully saturated rings. The van der Waals surface area contributed by atoms with Crippen molar-refractivity contribution in [3.05, 3.63) is 36.5 Å². The van der Waals surface area contributed by atoms with E-state index in [1.54, 1.807) is 24.4 Å². The van der Waals surface area contributed by atoms with Crippen molar-refractivity contribution in [2.24, 2.45) is 5.41 Å². The number of benzene rings is 1. The van der Waals surface area contributed by atoms with E-state index in [1.165, 1.54) is 18.5 Å². The highest BCUT2D eigenvalue weighted by Crippen LogP contribution is 2.22. The number of alkyl halides is 3. The van der Waals surface area contributed by atoms with Crippen molar-refractivity contribution in [1.82, 2.24) is 5.10 Å². The van der Waals surface area contributed by atoms with Gasteiger partial charge in [0.05, 0.1) is 0 Å². The number of hydrogen-bond donors (Lipinski definition) is 0. The van der Waals surface area contributed by atoms with Crippen molar-refractivity contribution < 1.29 is 32.2 Å². The first kappa shape index (κ1) is 16.9. The lowest BCUT2D eigenvalue weighted by atomic mass is 9.94. The molecule has 1 heterocycles. The Hall–Kier alpha value is -2.51. The van der Waals surface area contributed by atoms with Crippen LogP contribution in [0.15, 0.2) is 36.5 Å². The van der Waals surface area contributed by atoms with E-state index in [-0.39, 0.29) is 6.54 Å². The van der Waals surface area contributed by atoms with Crippen LogP contribution in [0.1, 0.15) is 13.8 Å². The van der Waals surface area contributed by atoms with Gasteiger partial charge in [0.15, 0.2) is 12.7 Å². The summed E-state index contributed by atoms with van der Waals surface area (Å²) in [6.07, 6.45) is -3.61. The number of aromatic nitrogens is 2. The molecule has 0 saturated heterocycles. The minimum absolute atomic E-state index is 0.0399. The highest BCUT2D eigenvalue weighted by molar-refractivity contribution is 5.90. The van der Waals surface area contributed by atoms with Crippen molar-refractivity contribution in [1.29, 1.82) is 0 Å². The first-order valence-electron chi connectivity index (χ1n) is 6.68. The molecule has 2 rings (SSSR count). The molecule has 0 aliphatic heterocycles. The Morgan fingerprint density at radius 3 is 2.43 bits per heavy atom. The molecular weight excluding hydrogens is 313 g/mol. The number of carbonyl (C=O) groups excluding carboxylic acids is 2. The average molecular weight is 327 g/mol. The lowest BCUT2D eigenvalue weighted by Gasteiger charge is -2.17. The molecule has 0 aliphatic carbocycles. The molecule has 0 N–H and O–H groups in total. The second-order valence-electron chi connectivity index (χ2n) is 5.63. The highest BCUT2D eigenvalue weighted by Gasteiger charge is 2.45. The zero-order valence-electron chi connectivity index (χ0n) is 12.4. The van der Waals surface area contributed by atoms with Crippen LogP contribution >= 0.6 is 0 Å². The van der Waals surface area contributed by atoms with E-state index in [2.05, 4.69) is 9.84 Å². The lowest BCUT2D eigenvalue weighted by molar-refractivity contribution is -0.759. The van der Waals surface area contributed by atoms with E-state index in [4.69, 9.17) is 0 Å². The number of halogens is 3. The van der Waals surface area contributed by atoms with E-state index in [1.807, 2.05) is 12.1 Å². The number of rotatable bonds is 3. The quantitative estimate of drug-likeness (QED) is 0.492. The Morgan fingerprint density at radius 1 is 1.13 bits per heavy atom. The summed E-state index contributed by atoms with van der Waals surface area (Å²) in [6, 6.07) is 9.03. The molecule has 1 aromatic heterocycles. The summed E-state index contributed by atoms with van der Waals surface area (Å²) in [4.78, 5) is 22.6. The van der Waals surface area contributed by atoms with Gasteiger partial charge in [-0.3, -0.25) is 4.79 Å². The second-order valence-corrected chi connectivity index (χ2v) is 5.63.